The van der Waals surface area contributed by atoms with Crippen LogP contribution in [0.4, 0.5) is 10.2 Å². The molecule has 7 heteroatoms. The summed E-state index contributed by atoms with van der Waals surface area (Å²) in [7, 11) is 0. The van der Waals surface area contributed by atoms with E-state index in [0.29, 0.717) is 62.8 Å². The first-order valence-electron chi connectivity index (χ1n) is 8.93. The van der Waals surface area contributed by atoms with Crippen molar-refractivity contribution in [2.75, 3.05) is 37.7 Å². The summed E-state index contributed by atoms with van der Waals surface area (Å²) in [4.78, 5) is 20.5. The summed E-state index contributed by atoms with van der Waals surface area (Å²) < 4.78 is 18.4. The van der Waals surface area contributed by atoms with Gasteiger partial charge in [-0.1, -0.05) is 0 Å². The number of halogens is 1. The third-order valence-corrected chi connectivity index (χ3v) is 4.46. The maximum absolute atomic E-state index is 12.8. The van der Waals surface area contributed by atoms with E-state index in [0.717, 1.165) is 0 Å². The summed E-state index contributed by atoms with van der Waals surface area (Å²) in [5, 5.41) is 9.19. The van der Waals surface area contributed by atoms with Crippen molar-refractivity contribution >= 4 is 11.7 Å². The zero-order chi connectivity index (χ0) is 19.1. The van der Waals surface area contributed by atoms with Crippen LogP contribution in [0.2, 0.25) is 0 Å². The van der Waals surface area contributed by atoms with Gasteiger partial charge in [-0.25, -0.2) is 9.37 Å². The molecule has 1 aliphatic rings. The molecule has 1 amide bonds. The molecular formula is C20H21FN4O2. The summed E-state index contributed by atoms with van der Waals surface area (Å²) in [6.45, 7) is 2.95. The summed E-state index contributed by atoms with van der Waals surface area (Å²) in [6, 6.07) is 11.5. The van der Waals surface area contributed by atoms with Crippen LogP contribution in [0.1, 0.15) is 18.4 Å². The normalized spacial score (nSPS) is 13.9. The van der Waals surface area contributed by atoms with Crippen molar-refractivity contribution in [3.05, 3.63) is 54.0 Å². The molecule has 1 aliphatic heterocycles. The smallest absolute Gasteiger partial charge is 0.222 e. The van der Waals surface area contributed by atoms with Crippen molar-refractivity contribution < 1.29 is 13.9 Å². The van der Waals surface area contributed by atoms with Crippen LogP contribution in [-0.2, 0) is 4.79 Å². The highest BCUT2D eigenvalue weighted by molar-refractivity contribution is 5.76. The molecule has 0 bridgehead atoms. The van der Waals surface area contributed by atoms with E-state index in [1.54, 1.807) is 30.5 Å². The van der Waals surface area contributed by atoms with E-state index >= 15 is 0 Å². The van der Waals surface area contributed by atoms with Crippen LogP contribution in [0.5, 0.6) is 5.75 Å². The Kier molecular flexibility index (Phi) is 6.21. The van der Waals surface area contributed by atoms with Gasteiger partial charge in [-0.15, -0.1) is 0 Å². The number of pyridine rings is 1. The first-order chi connectivity index (χ1) is 13.2. The zero-order valence-corrected chi connectivity index (χ0v) is 15.0. The lowest BCUT2D eigenvalue weighted by atomic mass is 10.2. The van der Waals surface area contributed by atoms with Crippen molar-refractivity contribution in [2.24, 2.45) is 0 Å². The first kappa shape index (κ1) is 18.6. The molecule has 0 spiro atoms. The van der Waals surface area contributed by atoms with Crippen LogP contribution in [0, 0.1) is 17.1 Å². The predicted molar refractivity (Wildman–Crippen MR) is 98.9 cm³/mol. The Morgan fingerprint density at radius 3 is 2.63 bits per heavy atom. The maximum atomic E-state index is 12.8. The van der Waals surface area contributed by atoms with E-state index in [-0.39, 0.29) is 11.7 Å². The third kappa shape index (κ3) is 4.94. The second kappa shape index (κ2) is 8.99. The highest BCUT2D eigenvalue weighted by atomic mass is 19.1. The van der Waals surface area contributed by atoms with Crippen molar-refractivity contribution in [3.8, 4) is 11.8 Å². The number of benzene rings is 1. The van der Waals surface area contributed by atoms with Gasteiger partial charge in [0.05, 0.1) is 12.2 Å². The molecular weight excluding hydrogens is 347 g/mol. The van der Waals surface area contributed by atoms with Crippen molar-refractivity contribution in [1.82, 2.24) is 9.88 Å². The highest BCUT2D eigenvalue weighted by Gasteiger charge is 2.22. The molecule has 27 heavy (non-hydrogen) atoms. The number of nitrogens with zero attached hydrogens (tertiary/aromatic N) is 4. The maximum Gasteiger partial charge on any atom is 0.222 e. The molecule has 0 N–H and O–H groups in total. The molecule has 140 valence electrons. The minimum atomic E-state index is -0.302. The molecule has 1 saturated heterocycles. The van der Waals surface area contributed by atoms with Gasteiger partial charge < -0.3 is 14.5 Å². The molecule has 2 heterocycles. The first-order valence-corrected chi connectivity index (χ1v) is 8.93. The Balaban J connectivity index is 1.41. The quantitative estimate of drug-likeness (QED) is 0.733. The number of carbonyl (C=O) groups is 1. The number of rotatable bonds is 6. The summed E-state index contributed by atoms with van der Waals surface area (Å²) >= 11 is 0. The highest BCUT2D eigenvalue weighted by Crippen LogP contribution is 2.18. The van der Waals surface area contributed by atoms with Gasteiger partial charge in [0.2, 0.25) is 5.91 Å². The van der Waals surface area contributed by atoms with E-state index in [2.05, 4.69) is 11.1 Å². The van der Waals surface area contributed by atoms with Crippen LogP contribution in [0.3, 0.4) is 0 Å². The van der Waals surface area contributed by atoms with E-state index in [1.165, 1.54) is 12.1 Å². The molecule has 1 aromatic heterocycles. The van der Waals surface area contributed by atoms with Crippen LogP contribution in [-0.4, -0.2) is 48.6 Å². The average Bonchev–Trinajstić information content (AvgIpc) is 2.72. The fraction of sp³-hybridized carbons (Fsp3) is 0.350. The minimum absolute atomic E-state index is 0.0962. The number of amides is 1. The van der Waals surface area contributed by atoms with Gasteiger partial charge in [-0.05, 0) is 42.8 Å². The van der Waals surface area contributed by atoms with Gasteiger partial charge >= 0.3 is 0 Å². The lowest BCUT2D eigenvalue weighted by Gasteiger charge is -2.35. The largest absolute Gasteiger partial charge is 0.494 e. The number of hydrogen-bond donors (Lipinski definition) is 0. The van der Waals surface area contributed by atoms with E-state index < -0.39 is 0 Å². The molecule has 1 aromatic carbocycles. The van der Waals surface area contributed by atoms with Crippen molar-refractivity contribution in [2.45, 2.75) is 12.8 Å². The lowest BCUT2D eigenvalue weighted by molar-refractivity contribution is -0.131. The van der Waals surface area contributed by atoms with Crippen LogP contribution < -0.4 is 9.64 Å². The molecule has 0 unspecified atom stereocenters. The van der Waals surface area contributed by atoms with E-state index in [1.807, 2.05) is 9.80 Å². The summed E-state index contributed by atoms with van der Waals surface area (Å²) in [6.07, 6.45) is 2.69. The fourth-order valence-corrected chi connectivity index (χ4v) is 3.01. The minimum Gasteiger partial charge on any atom is -0.494 e. The second-order valence-electron chi connectivity index (χ2n) is 6.26. The SMILES string of the molecule is N#Cc1cccnc1N1CCN(C(=O)CCCOc2ccc(F)cc2)CC1. The van der Waals surface area contributed by atoms with Gasteiger partial charge in [0.1, 0.15) is 23.5 Å². The number of carbonyl (C=O) groups excluding carboxylic acids is 1. The van der Waals surface area contributed by atoms with E-state index in [4.69, 9.17) is 4.74 Å². The van der Waals surface area contributed by atoms with Gasteiger partial charge in [0.15, 0.2) is 0 Å². The molecule has 3 rings (SSSR count). The van der Waals surface area contributed by atoms with Gasteiger partial charge in [-0.3, -0.25) is 4.79 Å². The Labute approximate surface area is 157 Å². The number of aromatic nitrogens is 1. The Hall–Kier alpha value is -3.14. The summed E-state index contributed by atoms with van der Waals surface area (Å²) in [5.74, 6) is 1.07. The Morgan fingerprint density at radius 1 is 1.19 bits per heavy atom. The predicted octanol–water partition coefficient (Wildman–Crippen LogP) is 2.60. The topological polar surface area (TPSA) is 69.5 Å². The van der Waals surface area contributed by atoms with Gasteiger partial charge in [0.25, 0.3) is 0 Å². The molecule has 0 saturated carbocycles. The number of ether oxygens (including phenoxy) is 1. The third-order valence-electron chi connectivity index (χ3n) is 4.46. The molecule has 6 nitrogen and oxygen atoms in total. The second-order valence-corrected chi connectivity index (χ2v) is 6.26. The zero-order valence-electron chi connectivity index (χ0n) is 15.0. The number of nitriles is 1. The van der Waals surface area contributed by atoms with Crippen LogP contribution in [0.15, 0.2) is 42.6 Å². The molecule has 2 aromatic rings. The van der Waals surface area contributed by atoms with Crippen molar-refractivity contribution in [3.63, 3.8) is 0 Å². The molecule has 0 radical (unpaired) electrons. The van der Waals surface area contributed by atoms with Gasteiger partial charge in [-0.2, -0.15) is 5.26 Å². The number of hydrogen-bond acceptors (Lipinski definition) is 5. The van der Waals surface area contributed by atoms with Crippen LogP contribution >= 0.6 is 0 Å². The Morgan fingerprint density at radius 2 is 1.93 bits per heavy atom. The number of piperazine rings is 1. The standard InChI is InChI=1S/C20H21FN4O2/c21-17-5-7-18(8-6-17)27-14-2-4-19(26)24-10-12-25(13-11-24)20-16(15-22)3-1-9-23-20/h1,3,5-9H,2,4,10-14H2. The Bertz CT molecular complexity index is 811. The average molecular weight is 368 g/mol. The van der Waals surface area contributed by atoms with Crippen molar-refractivity contribution in [1.29, 1.82) is 5.26 Å². The monoisotopic (exact) mass is 368 g/mol. The number of anilines is 1. The van der Waals surface area contributed by atoms with Gasteiger partial charge in [0, 0.05) is 38.8 Å². The van der Waals surface area contributed by atoms with E-state index in [9.17, 15) is 14.4 Å². The van der Waals surface area contributed by atoms with Crippen LogP contribution in [0.25, 0.3) is 0 Å². The molecule has 0 aliphatic carbocycles. The summed E-state index contributed by atoms with van der Waals surface area (Å²) in [5.41, 5.74) is 0.551. The fourth-order valence-electron chi connectivity index (χ4n) is 3.01. The molecule has 0 atom stereocenters. The lowest BCUT2D eigenvalue weighted by Crippen LogP contribution is -2.49. The molecule has 1 fully saturated rings.